The number of para-hydroxylation sites is 1. The fraction of sp³-hybridized carbons (Fsp3) is 0.281. The third-order valence-corrected chi connectivity index (χ3v) is 6.52. The first kappa shape index (κ1) is 24.8. The summed E-state index contributed by atoms with van der Waals surface area (Å²) in [6, 6.07) is 28.1. The Morgan fingerprint density at radius 2 is 1.23 bits per heavy atom. The van der Waals surface area contributed by atoms with Crippen LogP contribution < -0.4 is 10.2 Å². The highest BCUT2D eigenvalue weighted by Gasteiger charge is 2.22. The van der Waals surface area contributed by atoms with Gasteiger partial charge in [-0.05, 0) is 62.9 Å². The van der Waals surface area contributed by atoms with Gasteiger partial charge in [-0.1, -0.05) is 102 Å². The second kappa shape index (κ2) is 9.38. The lowest BCUT2D eigenvalue weighted by molar-refractivity contribution is 0.416. The molecule has 178 valence electrons. The third kappa shape index (κ3) is 5.51. The first-order valence-corrected chi connectivity index (χ1v) is 12.3. The zero-order valence-electron chi connectivity index (χ0n) is 22.4. The normalized spacial score (nSPS) is 12.0. The van der Waals surface area contributed by atoms with Crippen LogP contribution in [0.15, 0.2) is 78.9 Å². The van der Waals surface area contributed by atoms with Gasteiger partial charge in [0.1, 0.15) is 13.6 Å². The van der Waals surface area contributed by atoms with Gasteiger partial charge in [0.25, 0.3) is 0 Å². The van der Waals surface area contributed by atoms with E-state index in [1.54, 1.807) is 7.11 Å². The van der Waals surface area contributed by atoms with Crippen molar-refractivity contribution < 1.29 is 4.74 Å². The van der Waals surface area contributed by atoms with Crippen molar-refractivity contribution in [2.24, 2.45) is 0 Å². The van der Waals surface area contributed by atoms with Crippen molar-refractivity contribution in [3.8, 4) is 39.4 Å². The molecule has 35 heavy (non-hydrogen) atoms. The van der Waals surface area contributed by atoms with Gasteiger partial charge < -0.3 is 4.74 Å². The first-order chi connectivity index (χ1) is 16.5. The molecule has 0 aliphatic heterocycles. The molecule has 0 saturated heterocycles. The summed E-state index contributed by atoms with van der Waals surface area (Å²) < 4.78 is 5.70. The molecular weight excluding hydrogens is 425 g/mol. The molecule has 4 aromatic rings. The van der Waals surface area contributed by atoms with Crippen molar-refractivity contribution in [2.45, 2.75) is 52.4 Å². The van der Waals surface area contributed by atoms with Crippen LogP contribution in [-0.2, 0) is 10.8 Å². The zero-order chi connectivity index (χ0) is 25.4. The molecule has 0 atom stereocenters. The quantitative estimate of drug-likeness (QED) is 0.307. The fourth-order valence-electron chi connectivity index (χ4n) is 4.30. The summed E-state index contributed by atoms with van der Waals surface area (Å²) in [4.78, 5) is 5.11. The molecule has 0 aliphatic rings. The molecule has 1 heterocycles. The van der Waals surface area contributed by atoms with E-state index in [1.807, 2.05) is 18.2 Å². The van der Waals surface area contributed by atoms with Crippen molar-refractivity contribution in [2.75, 3.05) is 7.11 Å². The molecule has 0 fully saturated rings. The van der Waals surface area contributed by atoms with Gasteiger partial charge >= 0.3 is 0 Å². The predicted molar refractivity (Wildman–Crippen MR) is 153 cm³/mol. The van der Waals surface area contributed by atoms with Crippen molar-refractivity contribution in [1.82, 2.24) is 4.98 Å². The highest BCUT2D eigenvalue weighted by molar-refractivity contribution is 6.32. The van der Waals surface area contributed by atoms with Gasteiger partial charge in [0.05, 0.1) is 18.5 Å². The maximum Gasteiger partial charge on any atom is 0.139 e. The zero-order valence-corrected chi connectivity index (χ0v) is 22.4. The molecule has 3 heteroatoms. The molecule has 0 unspecified atom stereocenters. The number of pyridine rings is 1. The van der Waals surface area contributed by atoms with E-state index in [0.717, 1.165) is 33.8 Å². The molecular formula is C32H36BNO. The monoisotopic (exact) mass is 461 g/mol. The Hall–Kier alpha value is -3.33. The Morgan fingerprint density at radius 3 is 1.83 bits per heavy atom. The summed E-state index contributed by atoms with van der Waals surface area (Å²) in [5.41, 5.74) is 10.4. The highest BCUT2D eigenvalue weighted by Crippen LogP contribution is 2.37. The molecule has 0 spiro atoms. The summed E-state index contributed by atoms with van der Waals surface area (Å²) >= 11 is 0. The van der Waals surface area contributed by atoms with Crippen LogP contribution in [0.2, 0.25) is 0 Å². The second-order valence-electron chi connectivity index (χ2n) is 11.5. The van der Waals surface area contributed by atoms with Gasteiger partial charge in [-0.3, -0.25) is 0 Å². The van der Waals surface area contributed by atoms with E-state index < -0.39 is 0 Å². The average Bonchev–Trinajstić information content (AvgIpc) is 2.82. The molecule has 0 radical (unpaired) electrons. The Morgan fingerprint density at radius 1 is 0.629 bits per heavy atom. The molecule has 3 aromatic carbocycles. The number of benzene rings is 3. The van der Waals surface area contributed by atoms with Crippen molar-refractivity contribution in [3.05, 3.63) is 90.0 Å². The van der Waals surface area contributed by atoms with Crippen LogP contribution in [0.25, 0.3) is 33.6 Å². The van der Waals surface area contributed by atoms with Crippen LogP contribution in [0.4, 0.5) is 0 Å². The van der Waals surface area contributed by atoms with E-state index in [4.69, 9.17) is 9.72 Å². The minimum atomic E-state index is 0.0495. The summed E-state index contributed by atoms with van der Waals surface area (Å²) in [7, 11) is 3.84. The number of hydrogen-bond acceptors (Lipinski definition) is 2. The molecule has 0 bridgehead atoms. The minimum Gasteiger partial charge on any atom is -0.496 e. The van der Waals surface area contributed by atoms with E-state index in [2.05, 4.69) is 110 Å². The van der Waals surface area contributed by atoms with Crippen molar-refractivity contribution >= 4 is 13.3 Å². The number of nitrogens with zero attached hydrogens (tertiary/aromatic N) is 1. The number of ether oxygens (including phenoxy) is 1. The van der Waals surface area contributed by atoms with Gasteiger partial charge in [-0.25, -0.2) is 4.98 Å². The fourth-order valence-corrected chi connectivity index (χ4v) is 4.30. The SMILES string of the molecule is Bc1cccc(-c2cc(-c3cc(C(C)(C)C)cc(C(C)(C)C)c3)cc(-c3ccccc3OC)n2)c1. The van der Waals surface area contributed by atoms with Gasteiger partial charge in [-0.2, -0.15) is 0 Å². The van der Waals surface area contributed by atoms with Crippen LogP contribution in [0.1, 0.15) is 52.7 Å². The Bertz CT molecular complexity index is 1330. The smallest absolute Gasteiger partial charge is 0.139 e. The van der Waals surface area contributed by atoms with Crippen LogP contribution >= 0.6 is 0 Å². The molecule has 4 rings (SSSR count). The van der Waals surface area contributed by atoms with E-state index >= 15 is 0 Å². The molecule has 2 nitrogen and oxygen atoms in total. The van der Waals surface area contributed by atoms with Crippen LogP contribution in [0.5, 0.6) is 5.75 Å². The van der Waals surface area contributed by atoms with Crippen molar-refractivity contribution in [1.29, 1.82) is 0 Å². The largest absolute Gasteiger partial charge is 0.496 e. The maximum atomic E-state index is 5.70. The van der Waals surface area contributed by atoms with Crippen LogP contribution in [0, 0.1) is 0 Å². The molecule has 0 aliphatic carbocycles. The lowest BCUT2D eigenvalue weighted by atomic mass is 9.79. The Labute approximate surface area is 211 Å². The van der Waals surface area contributed by atoms with E-state index in [1.165, 1.54) is 22.2 Å². The lowest BCUT2D eigenvalue weighted by Crippen LogP contribution is -2.16. The lowest BCUT2D eigenvalue weighted by Gasteiger charge is -2.26. The Kier molecular flexibility index (Phi) is 6.64. The average molecular weight is 461 g/mol. The summed E-state index contributed by atoms with van der Waals surface area (Å²) in [6.45, 7) is 13.7. The van der Waals surface area contributed by atoms with Crippen LogP contribution in [0.3, 0.4) is 0 Å². The summed E-state index contributed by atoms with van der Waals surface area (Å²) in [6.07, 6.45) is 0. The third-order valence-electron chi connectivity index (χ3n) is 6.52. The van der Waals surface area contributed by atoms with Gasteiger partial charge in [-0.15, -0.1) is 0 Å². The first-order valence-electron chi connectivity index (χ1n) is 12.3. The van der Waals surface area contributed by atoms with Gasteiger partial charge in [0, 0.05) is 5.56 Å². The molecule has 0 saturated carbocycles. The van der Waals surface area contributed by atoms with Crippen molar-refractivity contribution in [3.63, 3.8) is 0 Å². The Balaban J connectivity index is 2.01. The summed E-state index contributed by atoms with van der Waals surface area (Å²) in [5.74, 6) is 0.825. The second-order valence-corrected chi connectivity index (χ2v) is 11.5. The predicted octanol–water partition coefficient (Wildman–Crippen LogP) is 6.94. The topological polar surface area (TPSA) is 22.1 Å². The number of aromatic nitrogens is 1. The molecule has 0 amide bonds. The number of methoxy groups -OCH3 is 1. The van der Waals surface area contributed by atoms with E-state index in [9.17, 15) is 0 Å². The maximum absolute atomic E-state index is 5.70. The van der Waals surface area contributed by atoms with Gasteiger partial charge in [0.15, 0.2) is 0 Å². The number of hydrogen-bond donors (Lipinski definition) is 0. The highest BCUT2D eigenvalue weighted by atomic mass is 16.5. The minimum absolute atomic E-state index is 0.0495. The standard InChI is InChI=1S/C32H36BNO/c1-31(2,3)24-15-22(16-25(20-24)32(4,5)6)23-18-28(21-11-10-12-26(33)17-21)34-29(19-23)27-13-8-9-14-30(27)35-7/h8-20H,33H2,1-7H3. The number of rotatable bonds is 4. The molecule has 1 aromatic heterocycles. The molecule has 0 N–H and O–H groups in total. The van der Waals surface area contributed by atoms with E-state index in [-0.39, 0.29) is 10.8 Å². The van der Waals surface area contributed by atoms with E-state index in [0.29, 0.717) is 0 Å². The van der Waals surface area contributed by atoms with Gasteiger partial charge in [0.2, 0.25) is 0 Å². The van der Waals surface area contributed by atoms with Crippen LogP contribution in [-0.4, -0.2) is 19.9 Å². The summed E-state index contributed by atoms with van der Waals surface area (Å²) in [5, 5.41) is 0.